The van der Waals surface area contributed by atoms with Gasteiger partial charge in [0.2, 0.25) is 0 Å². The average Bonchev–Trinajstić information content (AvgIpc) is 2.49. The number of halogens is 1. The van der Waals surface area contributed by atoms with Gasteiger partial charge in [-0.15, -0.1) is 0 Å². The lowest BCUT2D eigenvalue weighted by Crippen LogP contribution is -2.43. The van der Waals surface area contributed by atoms with Crippen LogP contribution in [0.1, 0.15) is 18.0 Å². The fourth-order valence-electron chi connectivity index (χ4n) is 2.47. The third kappa shape index (κ3) is 5.08. The molecule has 0 spiro atoms. The second-order valence-corrected chi connectivity index (χ2v) is 5.06. The van der Waals surface area contributed by atoms with Gasteiger partial charge in [0, 0.05) is 32.2 Å². The van der Waals surface area contributed by atoms with Crippen LogP contribution in [-0.2, 0) is 9.53 Å². The molecule has 21 heavy (non-hydrogen) atoms. The van der Waals surface area contributed by atoms with E-state index < -0.39 is 5.97 Å². The van der Waals surface area contributed by atoms with Gasteiger partial charge in [-0.1, -0.05) is 12.1 Å². The lowest BCUT2D eigenvalue weighted by atomic mass is 10.0. The van der Waals surface area contributed by atoms with Crippen LogP contribution in [0.2, 0.25) is 0 Å². The van der Waals surface area contributed by atoms with Gasteiger partial charge < -0.3 is 15.2 Å². The standard InChI is InChI=1S/C15H21FN2O3/c16-13-3-1-12(2-4-13)14(11-17-6-5-15(19)20)18-7-9-21-10-8-18/h1-4,14,17H,5-11H2,(H,19,20). The van der Waals surface area contributed by atoms with E-state index >= 15 is 0 Å². The van der Waals surface area contributed by atoms with E-state index in [0.717, 1.165) is 18.7 Å². The first-order chi connectivity index (χ1) is 10.2. The summed E-state index contributed by atoms with van der Waals surface area (Å²) >= 11 is 0. The molecular weight excluding hydrogens is 275 g/mol. The number of rotatable bonds is 7. The van der Waals surface area contributed by atoms with Gasteiger partial charge >= 0.3 is 5.97 Å². The number of morpholine rings is 1. The van der Waals surface area contributed by atoms with E-state index in [1.165, 1.54) is 12.1 Å². The van der Waals surface area contributed by atoms with Gasteiger partial charge in [0.15, 0.2) is 0 Å². The van der Waals surface area contributed by atoms with E-state index in [9.17, 15) is 9.18 Å². The molecule has 0 bridgehead atoms. The number of hydrogen-bond donors (Lipinski definition) is 2. The molecule has 2 rings (SSSR count). The van der Waals surface area contributed by atoms with Crippen molar-refractivity contribution >= 4 is 5.97 Å². The van der Waals surface area contributed by atoms with Crippen molar-refractivity contribution in [3.63, 3.8) is 0 Å². The van der Waals surface area contributed by atoms with E-state index in [1.54, 1.807) is 12.1 Å². The quantitative estimate of drug-likeness (QED) is 0.742. The third-order valence-electron chi connectivity index (χ3n) is 3.59. The second-order valence-electron chi connectivity index (χ2n) is 5.06. The van der Waals surface area contributed by atoms with E-state index in [2.05, 4.69) is 10.2 Å². The summed E-state index contributed by atoms with van der Waals surface area (Å²) in [4.78, 5) is 12.8. The number of aliphatic carboxylic acids is 1. The molecule has 1 aromatic rings. The number of carboxylic acids is 1. The van der Waals surface area contributed by atoms with Crippen LogP contribution in [0.25, 0.3) is 0 Å². The van der Waals surface area contributed by atoms with E-state index in [1.807, 2.05) is 0 Å². The minimum atomic E-state index is -0.813. The Bertz CT molecular complexity index is 447. The predicted molar refractivity (Wildman–Crippen MR) is 76.7 cm³/mol. The molecule has 1 aliphatic rings. The summed E-state index contributed by atoms with van der Waals surface area (Å²) < 4.78 is 18.4. The van der Waals surface area contributed by atoms with Crippen LogP contribution < -0.4 is 5.32 Å². The summed E-state index contributed by atoms with van der Waals surface area (Å²) in [5, 5.41) is 11.8. The zero-order chi connectivity index (χ0) is 15.1. The third-order valence-corrected chi connectivity index (χ3v) is 3.59. The number of ether oxygens (including phenoxy) is 1. The summed E-state index contributed by atoms with van der Waals surface area (Å²) in [6.45, 7) is 4.08. The molecule has 6 heteroatoms. The molecule has 0 amide bonds. The van der Waals surface area contributed by atoms with Crippen LogP contribution in [0.4, 0.5) is 4.39 Å². The van der Waals surface area contributed by atoms with Crippen molar-refractivity contribution in [2.24, 2.45) is 0 Å². The van der Waals surface area contributed by atoms with Gasteiger partial charge in [-0.3, -0.25) is 9.69 Å². The van der Waals surface area contributed by atoms with E-state index in [0.29, 0.717) is 26.3 Å². The van der Waals surface area contributed by atoms with E-state index in [4.69, 9.17) is 9.84 Å². The first-order valence-corrected chi connectivity index (χ1v) is 7.16. The Hall–Kier alpha value is -1.50. The topological polar surface area (TPSA) is 61.8 Å². The van der Waals surface area contributed by atoms with Crippen molar-refractivity contribution in [3.05, 3.63) is 35.6 Å². The first kappa shape index (κ1) is 15.9. The number of nitrogens with one attached hydrogen (secondary N) is 1. The van der Waals surface area contributed by atoms with Crippen LogP contribution in [0.3, 0.4) is 0 Å². The molecule has 1 heterocycles. The van der Waals surface area contributed by atoms with Crippen LogP contribution in [0, 0.1) is 5.82 Å². The summed E-state index contributed by atoms with van der Waals surface area (Å²) in [7, 11) is 0. The molecule has 1 unspecified atom stereocenters. The van der Waals surface area contributed by atoms with Crippen LogP contribution in [0.5, 0.6) is 0 Å². The number of hydrogen-bond acceptors (Lipinski definition) is 4. The number of benzene rings is 1. The lowest BCUT2D eigenvalue weighted by molar-refractivity contribution is -0.136. The molecule has 116 valence electrons. The number of nitrogens with zero attached hydrogens (tertiary/aromatic N) is 1. The van der Waals surface area contributed by atoms with E-state index in [-0.39, 0.29) is 18.3 Å². The van der Waals surface area contributed by atoms with Crippen molar-refractivity contribution in [1.82, 2.24) is 10.2 Å². The summed E-state index contributed by atoms with van der Waals surface area (Å²) in [5.74, 6) is -1.06. The maximum Gasteiger partial charge on any atom is 0.304 e. The highest BCUT2D eigenvalue weighted by Crippen LogP contribution is 2.21. The maximum absolute atomic E-state index is 13.1. The average molecular weight is 296 g/mol. The maximum atomic E-state index is 13.1. The van der Waals surface area contributed by atoms with Gasteiger partial charge in [0.25, 0.3) is 0 Å². The fourth-order valence-corrected chi connectivity index (χ4v) is 2.47. The van der Waals surface area contributed by atoms with Crippen molar-refractivity contribution < 1.29 is 19.0 Å². The van der Waals surface area contributed by atoms with Crippen molar-refractivity contribution in [2.75, 3.05) is 39.4 Å². The molecule has 1 saturated heterocycles. The Kier molecular flexibility index (Phi) is 6.10. The predicted octanol–water partition coefficient (Wildman–Crippen LogP) is 1.26. The molecule has 1 fully saturated rings. The molecule has 0 radical (unpaired) electrons. The molecule has 0 aliphatic carbocycles. The molecule has 0 aromatic heterocycles. The zero-order valence-electron chi connectivity index (χ0n) is 11.9. The minimum absolute atomic E-state index is 0.0965. The number of carbonyl (C=O) groups is 1. The minimum Gasteiger partial charge on any atom is -0.481 e. The van der Waals surface area contributed by atoms with Crippen molar-refractivity contribution in [1.29, 1.82) is 0 Å². The Balaban J connectivity index is 1.99. The molecular formula is C15H21FN2O3. The SMILES string of the molecule is O=C(O)CCNCC(c1ccc(F)cc1)N1CCOCC1. The summed E-state index contributed by atoms with van der Waals surface area (Å²) in [5.41, 5.74) is 1.03. The monoisotopic (exact) mass is 296 g/mol. The molecule has 0 saturated carbocycles. The largest absolute Gasteiger partial charge is 0.481 e. The molecule has 1 atom stereocenters. The van der Waals surface area contributed by atoms with Crippen molar-refractivity contribution in [3.8, 4) is 0 Å². The van der Waals surface area contributed by atoms with Crippen molar-refractivity contribution in [2.45, 2.75) is 12.5 Å². The Morgan fingerprint density at radius 1 is 1.33 bits per heavy atom. The summed E-state index contributed by atoms with van der Waals surface area (Å²) in [6, 6.07) is 6.59. The van der Waals surface area contributed by atoms with Gasteiger partial charge in [-0.05, 0) is 17.7 Å². The highest BCUT2D eigenvalue weighted by Gasteiger charge is 2.22. The lowest BCUT2D eigenvalue weighted by Gasteiger charge is -2.35. The van der Waals surface area contributed by atoms with Gasteiger partial charge in [0.05, 0.1) is 19.6 Å². The number of carboxylic acid groups (broad SMARTS) is 1. The van der Waals surface area contributed by atoms with Crippen LogP contribution in [-0.4, -0.2) is 55.4 Å². The van der Waals surface area contributed by atoms with Gasteiger partial charge in [-0.2, -0.15) is 0 Å². The van der Waals surface area contributed by atoms with Gasteiger partial charge in [-0.25, -0.2) is 4.39 Å². The Morgan fingerprint density at radius 2 is 2.00 bits per heavy atom. The highest BCUT2D eigenvalue weighted by atomic mass is 19.1. The Morgan fingerprint density at radius 3 is 2.62 bits per heavy atom. The summed E-state index contributed by atoms with van der Waals surface area (Å²) in [6.07, 6.45) is 0.0965. The highest BCUT2D eigenvalue weighted by molar-refractivity contribution is 5.66. The normalized spacial score (nSPS) is 17.6. The first-order valence-electron chi connectivity index (χ1n) is 7.16. The van der Waals surface area contributed by atoms with Crippen LogP contribution >= 0.6 is 0 Å². The Labute approximate surface area is 123 Å². The van der Waals surface area contributed by atoms with Gasteiger partial charge in [0.1, 0.15) is 5.82 Å². The van der Waals surface area contributed by atoms with Crippen LogP contribution in [0.15, 0.2) is 24.3 Å². The molecule has 5 nitrogen and oxygen atoms in total. The molecule has 1 aromatic carbocycles. The smallest absolute Gasteiger partial charge is 0.304 e. The molecule has 1 aliphatic heterocycles. The fraction of sp³-hybridized carbons (Fsp3) is 0.533. The second kappa shape index (κ2) is 8.07. The molecule has 2 N–H and O–H groups in total. The zero-order valence-corrected chi connectivity index (χ0v) is 11.9.